The molecule has 0 radical (unpaired) electrons. The third-order valence-electron chi connectivity index (χ3n) is 4.15. The van der Waals surface area contributed by atoms with E-state index in [-0.39, 0.29) is 5.91 Å². The van der Waals surface area contributed by atoms with Crippen LogP contribution in [0.4, 0.5) is 0 Å². The zero-order chi connectivity index (χ0) is 14.5. The first kappa shape index (κ1) is 15.0. The molecule has 1 unspecified atom stereocenters. The molecule has 0 aliphatic carbocycles. The van der Waals surface area contributed by atoms with Crippen LogP contribution in [0.2, 0.25) is 0 Å². The lowest BCUT2D eigenvalue weighted by Crippen LogP contribution is -2.47. The number of carbonyl (C=O) groups excluding carboxylic acids is 1. The lowest BCUT2D eigenvalue weighted by atomic mass is 10.1. The Balaban J connectivity index is 1.86. The second-order valence-electron chi connectivity index (χ2n) is 5.79. The number of likely N-dealkylation sites (N-methyl/N-ethyl adjacent to an activating group) is 2. The van der Waals surface area contributed by atoms with E-state index in [9.17, 15) is 4.79 Å². The number of rotatable bonds is 5. The quantitative estimate of drug-likeness (QED) is 0.876. The molecule has 2 N–H and O–H groups in total. The zero-order valence-corrected chi connectivity index (χ0v) is 12.5. The molecule has 0 bridgehead atoms. The summed E-state index contributed by atoms with van der Waals surface area (Å²) >= 11 is 0. The summed E-state index contributed by atoms with van der Waals surface area (Å²) in [5, 5.41) is 0. The predicted octanol–water partition coefficient (Wildman–Crippen LogP) is 1.11. The van der Waals surface area contributed by atoms with Crippen LogP contribution in [0.3, 0.4) is 0 Å². The Bertz CT molecular complexity index is 435. The van der Waals surface area contributed by atoms with Crippen molar-refractivity contribution in [3.63, 3.8) is 0 Å². The van der Waals surface area contributed by atoms with Crippen LogP contribution >= 0.6 is 0 Å². The molecule has 2 atom stereocenters. The fraction of sp³-hybridized carbons (Fsp3) is 0.562. The average molecular weight is 275 g/mol. The minimum atomic E-state index is -0.450. The van der Waals surface area contributed by atoms with Crippen LogP contribution in [0.5, 0.6) is 0 Å². The van der Waals surface area contributed by atoms with Gasteiger partial charge in [-0.25, -0.2) is 0 Å². The lowest BCUT2D eigenvalue weighted by molar-refractivity contribution is -0.131. The van der Waals surface area contributed by atoms with Crippen LogP contribution < -0.4 is 5.73 Å². The molecular formula is C16H25N3O. The molecule has 1 aliphatic heterocycles. The van der Waals surface area contributed by atoms with Crippen LogP contribution in [0.15, 0.2) is 30.3 Å². The van der Waals surface area contributed by atoms with Gasteiger partial charge in [0, 0.05) is 19.6 Å². The Hall–Kier alpha value is -1.39. The Morgan fingerprint density at radius 2 is 2.15 bits per heavy atom. The Labute approximate surface area is 121 Å². The van der Waals surface area contributed by atoms with Gasteiger partial charge in [0.25, 0.3) is 0 Å². The summed E-state index contributed by atoms with van der Waals surface area (Å²) in [5.74, 6) is 0.0363. The minimum absolute atomic E-state index is 0.0363. The van der Waals surface area contributed by atoms with Gasteiger partial charge in [0.2, 0.25) is 5.91 Å². The molecule has 1 saturated heterocycles. The van der Waals surface area contributed by atoms with E-state index in [1.165, 1.54) is 12.8 Å². The number of nitrogens with zero attached hydrogens (tertiary/aromatic N) is 2. The Morgan fingerprint density at radius 3 is 2.75 bits per heavy atom. The zero-order valence-electron chi connectivity index (χ0n) is 12.5. The molecule has 1 heterocycles. The maximum atomic E-state index is 12.3. The molecule has 4 nitrogen and oxygen atoms in total. The first-order valence-electron chi connectivity index (χ1n) is 7.32. The van der Waals surface area contributed by atoms with Crippen LogP contribution in [-0.2, 0) is 11.2 Å². The number of amides is 1. The van der Waals surface area contributed by atoms with Crippen molar-refractivity contribution in [3.8, 4) is 0 Å². The van der Waals surface area contributed by atoms with E-state index in [1.807, 2.05) is 37.4 Å². The van der Waals surface area contributed by atoms with Crippen LogP contribution in [0, 0.1) is 0 Å². The molecule has 4 heteroatoms. The monoisotopic (exact) mass is 275 g/mol. The highest BCUT2D eigenvalue weighted by molar-refractivity contribution is 5.81. The van der Waals surface area contributed by atoms with Gasteiger partial charge in [-0.2, -0.15) is 0 Å². The Morgan fingerprint density at radius 1 is 1.45 bits per heavy atom. The largest absolute Gasteiger partial charge is 0.343 e. The van der Waals surface area contributed by atoms with Gasteiger partial charge in [0.05, 0.1) is 6.04 Å². The highest BCUT2D eigenvalue weighted by atomic mass is 16.2. The molecule has 1 aromatic rings. The van der Waals surface area contributed by atoms with Crippen molar-refractivity contribution in [2.45, 2.75) is 31.3 Å². The third-order valence-corrected chi connectivity index (χ3v) is 4.15. The summed E-state index contributed by atoms with van der Waals surface area (Å²) in [7, 11) is 3.99. The first-order chi connectivity index (χ1) is 9.58. The average Bonchev–Trinajstić information content (AvgIpc) is 2.84. The molecule has 1 aromatic carbocycles. The summed E-state index contributed by atoms with van der Waals surface area (Å²) in [6, 6.07) is 9.98. The van der Waals surface area contributed by atoms with Crippen LogP contribution in [0.1, 0.15) is 18.4 Å². The van der Waals surface area contributed by atoms with E-state index in [0.29, 0.717) is 12.5 Å². The second-order valence-corrected chi connectivity index (χ2v) is 5.79. The van der Waals surface area contributed by atoms with Crippen LogP contribution in [0.25, 0.3) is 0 Å². The molecular weight excluding hydrogens is 250 g/mol. The van der Waals surface area contributed by atoms with Crippen molar-refractivity contribution < 1.29 is 4.79 Å². The van der Waals surface area contributed by atoms with E-state index in [0.717, 1.165) is 18.7 Å². The summed E-state index contributed by atoms with van der Waals surface area (Å²) in [6.45, 7) is 1.90. The normalized spacial score (nSPS) is 20.9. The van der Waals surface area contributed by atoms with E-state index in [1.54, 1.807) is 4.90 Å². The van der Waals surface area contributed by atoms with Crippen molar-refractivity contribution in [2.75, 3.05) is 27.2 Å². The van der Waals surface area contributed by atoms with Gasteiger partial charge >= 0.3 is 0 Å². The van der Waals surface area contributed by atoms with Gasteiger partial charge in [-0.3, -0.25) is 4.79 Å². The van der Waals surface area contributed by atoms with Gasteiger partial charge in [-0.1, -0.05) is 30.3 Å². The maximum absolute atomic E-state index is 12.3. The number of carbonyl (C=O) groups is 1. The van der Waals surface area contributed by atoms with E-state index in [4.69, 9.17) is 5.73 Å². The summed E-state index contributed by atoms with van der Waals surface area (Å²) in [6.07, 6.45) is 2.99. The summed E-state index contributed by atoms with van der Waals surface area (Å²) < 4.78 is 0. The number of likely N-dealkylation sites (tertiary alicyclic amines) is 1. The standard InChI is InChI=1S/C16H25N3O/c1-18-10-6-9-14(18)12-19(2)16(20)15(17)11-13-7-4-3-5-8-13/h3-5,7-8,14-15H,6,9-12,17H2,1-2H3/t14?,15-/m1/s1. The van der Waals surface area contributed by atoms with Gasteiger partial charge in [-0.15, -0.1) is 0 Å². The minimum Gasteiger partial charge on any atom is -0.343 e. The van der Waals surface area contributed by atoms with Crippen molar-refractivity contribution in [2.24, 2.45) is 5.73 Å². The molecule has 110 valence electrons. The first-order valence-corrected chi connectivity index (χ1v) is 7.32. The Kier molecular flexibility index (Phi) is 5.15. The smallest absolute Gasteiger partial charge is 0.239 e. The molecule has 1 amide bonds. The topological polar surface area (TPSA) is 49.6 Å². The second kappa shape index (κ2) is 6.86. The summed E-state index contributed by atoms with van der Waals surface area (Å²) in [5.41, 5.74) is 7.17. The number of hydrogen-bond donors (Lipinski definition) is 1. The molecule has 0 saturated carbocycles. The third kappa shape index (κ3) is 3.81. The molecule has 0 aromatic heterocycles. The molecule has 1 aliphatic rings. The maximum Gasteiger partial charge on any atom is 0.239 e. The van der Waals surface area contributed by atoms with Gasteiger partial charge in [0.1, 0.15) is 0 Å². The van der Waals surface area contributed by atoms with Gasteiger partial charge in [0.15, 0.2) is 0 Å². The SMILES string of the molecule is CN(CC1CCCN1C)C(=O)[C@H](N)Cc1ccccc1. The fourth-order valence-corrected chi connectivity index (χ4v) is 2.85. The lowest BCUT2D eigenvalue weighted by Gasteiger charge is -2.27. The van der Waals surface area contributed by atoms with Crippen molar-refractivity contribution in [1.82, 2.24) is 9.80 Å². The molecule has 0 spiro atoms. The molecule has 1 fully saturated rings. The van der Waals surface area contributed by atoms with Crippen molar-refractivity contribution >= 4 is 5.91 Å². The predicted molar refractivity (Wildman–Crippen MR) is 81.4 cm³/mol. The van der Waals surface area contributed by atoms with Gasteiger partial charge < -0.3 is 15.5 Å². The number of nitrogens with two attached hydrogens (primary N) is 1. The van der Waals surface area contributed by atoms with E-state index in [2.05, 4.69) is 11.9 Å². The summed E-state index contributed by atoms with van der Waals surface area (Å²) in [4.78, 5) is 16.4. The molecule has 2 rings (SSSR count). The number of hydrogen-bond acceptors (Lipinski definition) is 3. The van der Waals surface area contributed by atoms with E-state index >= 15 is 0 Å². The van der Waals surface area contributed by atoms with Crippen molar-refractivity contribution in [3.05, 3.63) is 35.9 Å². The number of benzene rings is 1. The highest BCUT2D eigenvalue weighted by Crippen LogP contribution is 2.15. The molecule has 20 heavy (non-hydrogen) atoms. The van der Waals surface area contributed by atoms with Crippen LogP contribution in [-0.4, -0.2) is 55.0 Å². The van der Waals surface area contributed by atoms with Gasteiger partial charge in [-0.05, 0) is 38.4 Å². The van der Waals surface area contributed by atoms with E-state index < -0.39 is 6.04 Å². The fourth-order valence-electron chi connectivity index (χ4n) is 2.85. The van der Waals surface area contributed by atoms with Crippen molar-refractivity contribution in [1.29, 1.82) is 0 Å². The highest BCUT2D eigenvalue weighted by Gasteiger charge is 2.25.